The van der Waals surface area contributed by atoms with Crippen LogP contribution in [0.15, 0.2) is 16.5 Å². The summed E-state index contributed by atoms with van der Waals surface area (Å²) < 4.78 is 5.49. The molecule has 90 valence electrons. The van der Waals surface area contributed by atoms with Crippen molar-refractivity contribution in [2.45, 2.75) is 13.5 Å². The molecule has 0 radical (unpaired) electrons. The first-order valence-corrected chi connectivity index (χ1v) is 6.04. The van der Waals surface area contributed by atoms with Crippen LogP contribution in [-0.2, 0) is 6.54 Å². The molecule has 2 heterocycles. The highest BCUT2D eigenvalue weighted by atomic mass is 16.3. The second kappa shape index (κ2) is 6.03. The van der Waals surface area contributed by atoms with Crippen molar-refractivity contribution in [3.8, 4) is 0 Å². The Morgan fingerprint density at radius 1 is 1.38 bits per heavy atom. The first-order valence-electron chi connectivity index (χ1n) is 6.04. The quantitative estimate of drug-likeness (QED) is 0.717. The van der Waals surface area contributed by atoms with Crippen LogP contribution in [0.3, 0.4) is 0 Å². The molecule has 2 N–H and O–H groups in total. The Bertz CT molecular complexity index is 305. The normalized spacial score (nSPS) is 17.8. The topological polar surface area (TPSA) is 40.4 Å². The van der Waals surface area contributed by atoms with Gasteiger partial charge in [0.1, 0.15) is 11.5 Å². The van der Waals surface area contributed by atoms with Crippen LogP contribution < -0.4 is 10.6 Å². The number of nitrogens with zero attached hydrogens (tertiary/aromatic N) is 1. The molecule has 0 spiro atoms. The maximum Gasteiger partial charge on any atom is 0.117 e. The third kappa shape index (κ3) is 3.63. The van der Waals surface area contributed by atoms with E-state index in [1.54, 1.807) is 0 Å². The summed E-state index contributed by atoms with van der Waals surface area (Å²) in [7, 11) is 0. The molecule has 0 amide bonds. The zero-order chi connectivity index (χ0) is 11.2. The first kappa shape index (κ1) is 11.6. The lowest BCUT2D eigenvalue weighted by Gasteiger charge is -2.27. The maximum atomic E-state index is 5.49. The van der Waals surface area contributed by atoms with Crippen molar-refractivity contribution < 1.29 is 4.42 Å². The molecule has 4 nitrogen and oxygen atoms in total. The summed E-state index contributed by atoms with van der Waals surface area (Å²) in [6, 6.07) is 4.04. The molecule has 1 aliphatic heterocycles. The Morgan fingerprint density at radius 2 is 2.19 bits per heavy atom. The SMILES string of the molecule is Cc1ccc(CNCCN2CCNCC2)o1. The van der Waals surface area contributed by atoms with Crippen molar-refractivity contribution in [1.29, 1.82) is 0 Å². The fourth-order valence-electron chi connectivity index (χ4n) is 1.96. The maximum absolute atomic E-state index is 5.49. The van der Waals surface area contributed by atoms with Gasteiger partial charge in [0.05, 0.1) is 6.54 Å². The summed E-state index contributed by atoms with van der Waals surface area (Å²) in [5, 5.41) is 6.76. The molecule has 2 rings (SSSR count). The fourth-order valence-corrected chi connectivity index (χ4v) is 1.96. The highest BCUT2D eigenvalue weighted by Gasteiger charge is 2.08. The molecule has 1 saturated heterocycles. The fraction of sp³-hybridized carbons (Fsp3) is 0.667. The van der Waals surface area contributed by atoms with E-state index in [-0.39, 0.29) is 0 Å². The van der Waals surface area contributed by atoms with Gasteiger partial charge >= 0.3 is 0 Å². The number of aryl methyl sites for hydroxylation is 1. The first-order chi connectivity index (χ1) is 7.84. The summed E-state index contributed by atoms with van der Waals surface area (Å²) in [6.45, 7) is 9.54. The van der Waals surface area contributed by atoms with Gasteiger partial charge in [0.2, 0.25) is 0 Å². The van der Waals surface area contributed by atoms with E-state index in [0.29, 0.717) is 0 Å². The van der Waals surface area contributed by atoms with Crippen molar-refractivity contribution in [2.24, 2.45) is 0 Å². The zero-order valence-electron chi connectivity index (χ0n) is 9.96. The van der Waals surface area contributed by atoms with Crippen LogP contribution in [-0.4, -0.2) is 44.2 Å². The van der Waals surface area contributed by atoms with Crippen molar-refractivity contribution in [3.05, 3.63) is 23.7 Å². The predicted molar refractivity (Wildman–Crippen MR) is 64.5 cm³/mol. The van der Waals surface area contributed by atoms with Crippen LogP contribution in [0.1, 0.15) is 11.5 Å². The summed E-state index contributed by atoms with van der Waals surface area (Å²) in [5.74, 6) is 2.01. The number of hydrogen-bond acceptors (Lipinski definition) is 4. The van der Waals surface area contributed by atoms with E-state index in [1.807, 2.05) is 19.1 Å². The van der Waals surface area contributed by atoms with Gasteiger partial charge in [-0.05, 0) is 19.1 Å². The Hall–Kier alpha value is -0.840. The van der Waals surface area contributed by atoms with Gasteiger partial charge in [-0.25, -0.2) is 0 Å². The summed E-state index contributed by atoms with van der Waals surface area (Å²) in [5.41, 5.74) is 0. The van der Waals surface area contributed by atoms with E-state index in [4.69, 9.17) is 4.42 Å². The third-order valence-corrected chi connectivity index (χ3v) is 2.91. The Labute approximate surface area is 97.0 Å². The number of hydrogen-bond donors (Lipinski definition) is 2. The molecule has 4 heteroatoms. The van der Waals surface area contributed by atoms with Crippen LogP contribution >= 0.6 is 0 Å². The van der Waals surface area contributed by atoms with E-state index in [9.17, 15) is 0 Å². The summed E-state index contributed by atoms with van der Waals surface area (Å²) >= 11 is 0. The number of piperazine rings is 1. The molecule has 1 aromatic heterocycles. The molecule has 0 bridgehead atoms. The standard InChI is InChI=1S/C12H21N3O/c1-11-2-3-12(16-11)10-14-6-9-15-7-4-13-5-8-15/h2-3,13-14H,4-10H2,1H3. The van der Waals surface area contributed by atoms with Crippen LogP contribution in [0, 0.1) is 6.92 Å². The Kier molecular flexibility index (Phi) is 4.39. The van der Waals surface area contributed by atoms with Gasteiger partial charge in [0, 0.05) is 39.3 Å². The Morgan fingerprint density at radius 3 is 2.88 bits per heavy atom. The van der Waals surface area contributed by atoms with Crippen LogP contribution in [0.4, 0.5) is 0 Å². The minimum Gasteiger partial charge on any atom is -0.465 e. The molecule has 1 aromatic rings. The van der Waals surface area contributed by atoms with E-state index in [1.165, 1.54) is 13.1 Å². The average molecular weight is 223 g/mol. The summed E-state index contributed by atoms with van der Waals surface area (Å²) in [4.78, 5) is 2.48. The van der Waals surface area contributed by atoms with E-state index < -0.39 is 0 Å². The van der Waals surface area contributed by atoms with E-state index in [0.717, 1.165) is 44.2 Å². The highest BCUT2D eigenvalue weighted by Crippen LogP contribution is 2.05. The Balaban J connectivity index is 1.57. The molecule has 16 heavy (non-hydrogen) atoms. The van der Waals surface area contributed by atoms with E-state index in [2.05, 4.69) is 15.5 Å². The molecule has 1 fully saturated rings. The minimum absolute atomic E-state index is 0.833. The molecular weight excluding hydrogens is 202 g/mol. The number of rotatable bonds is 5. The van der Waals surface area contributed by atoms with Gasteiger partial charge in [-0.1, -0.05) is 0 Å². The molecular formula is C12H21N3O. The second-order valence-corrected chi connectivity index (χ2v) is 4.28. The molecule has 1 aliphatic rings. The number of nitrogens with one attached hydrogen (secondary N) is 2. The monoisotopic (exact) mass is 223 g/mol. The highest BCUT2D eigenvalue weighted by molar-refractivity contribution is 5.05. The lowest BCUT2D eigenvalue weighted by molar-refractivity contribution is 0.240. The van der Waals surface area contributed by atoms with E-state index >= 15 is 0 Å². The van der Waals surface area contributed by atoms with Gasteiger partial charge in [-0.15, -0.1) is 0 Å². The molecule has 0 unspecified atom stereocenters. The van der Waals surface area contributed by atoms with Crippen LogP contribution in [0.25, 0.3) is 0 Å². The van der Waals surface area contributed by atoms with Crippen molar-refractivity contribution in [2.75, 3.05) is 39.3 Å². The smallest absolute Gasteiger partial charge is 0.117 e. The van der Waals surface area contributed by atoms with Gasteiger partial charge in [-0.3, -0.25) is 4.90 Å². The van der Waals surface area contributed by atoms with Gasteiger partial charge in [0.25, 0.3) is 0 Å². The van der Waals surface area contributed by atoms with Crippen molar-refractivity contribution in [1.82, 2.24) is 15.5 Å². The molecule has 0 saturated carbocycles. The number of furan rings is 1. The zero-order valence-corrected chi connectivity index (χ0v) is 9.96. The molecule has 0 atom stereocenters. The summed E-state index contributed by atoms with van der Waals surface area (Å²) in [6.07, 6.45) is 0. The lowest BCUT2D eigenvalue weighted by atomic mass is 10.3. The third-order valence-electron chi connectivity index (χ3n) is 2.91. The average Bonchev–Trinajstić information content (AvgIpc) is 2.72. The molecule has 0 aliphatic carbocycles. The second-order valence-electron chi connectivity index (χ2n) is 4.28. The largest absolute Gasteiger partial charge is 0.465 e. The minimum atomic E-state index is 0.833. The van der Waals surface area contributed by atoms with Crippen LogP contribution in [0.2, 0.25) is 0 Å². The van der Waals surface area contributed by atoms with Gasteiger partial charge in [-0.2, -0.15) is 0 Å². The van der Waals surface area contributed by atoms with Crippen molar-refractivity contribution >= 4 is 0 Å². The predicted octanol–water partition coefficient (Wildman–Crippen LogP) is 0.583. The van der Waals surface area contributed by atoms with Gasteiger partial charge in [0.15, 0.2) is 0 Å². The van der Waals surface area contributed by atoms with Crippen molar-refractivity contribution in [3.63, 3.8) is 0 Å². The lowest BCUT2D eigenvalue weighted by Crippen LogP contribution is -2.45. The van der Waals surface area contributed by atoms with Gasteiger partial charge < -0.3 is 15.1 Å². The van der Waals surface area contributed by atoms with Crippen LogP contribution in [0.5, 0.6) is 0 Å². The molecule has 0 aromatic carbocycles.